The summed E-state index contributed by atoms with van der Waals surface area (Å²) in [5, 5.41) is 3.42. The van der Waals surface area contributed by atoms with Crippen LogP contribution in [0.3, 0.4) is 0 Å². The number of aromatic nitrogens is 2. The number of fused-ring (bicyclic) bond motifs is 4. The van der Waals surface area contributed by atoms with Gasteiger partial charge in [-0.3, -0.25) is 19.0 Å². The molecule has 0 spiro atoms. The summed E-state index contributed by atoms with van der Waals surface area (Å²) in [6.07, 6.45) is 4.99. The summed E-state index contributed by atoms with van der Waals surface area (Å²) in [6, 6.07) is 4.21. The first-order valence-corrected chi connectivity index (χ1v) is 10.9. The molecule has 154 valence electrons. The smallest absolute Gasteiger partial charge is 0.265 e. The molecule has 5 rings (SSSR count). The number of carbonyl (C=O) groups is 2. The molecule has 3 heterocycles. The van der Waals surface area contributed by atoms with Crippen LogP contribution >= 0.6 is 11.3 Å². The quantitative estimate of drug-likeness (QED) is 0.651. The maximum Gasteiger partial charge on any atom is 0.265 e. The summed E-state index contributed by atoms with van der Waals surface area (Å²) in [5.74, 6) is 0.0442. The number of nitrogens with zero attached hydrogens (tertiary/aromatic N) is 2. The molecule has 1 N–H and O–H groups in total. The van der Waals surface area contributed by atoms with Crippen LogP contribution in [0.4, 0.5) is 5.69 Å². The summed E-state index contributed by atoms with van der Waals surface area (Å²) in [7, 11) is 0. The molecule has 2 atom stereocenters. The van der Waals surface area contributed by atoms with E-state index < -0.39 is 12.1 Å². The van der Waals surface area contributed by atoms with Crippen molar-refractivity contribution < 1.29 is 14.3 Å². The first-order valence-electron chi connectivity index (χ1n) is 10.1. The zero-order valence-corrected chi connectivity index (χ0v) is 17.5. The summed E-state index contributed by atoms with van der Waals surface area (Å²) in [6.45, 7) is 3.37. The number of hydrogen-bond donors (Lipinski definition) is 1. The number of anilines is 1. The molecule has 8 heteroatoms. The molecule has 3 aromatic rings. The van der Waals surface area contributed by atoms with E-state index in [2.05, 4.69) is 10.3 Å². The maximum absolute atomic E-state index is 13.3. The van der Waals surface area contributed by atoms with Gasteiger partial charge in [0.05, 0.1) is 23.4 Å². The lowest BCUT2D eigenvalue weighted by Gasteiger charge is -2.24. The van der Waals surface area contributed by atoms with Crippen LogP contribution in [-0.2, 0) is 17.6 Å². The number of ether oxygens (including phenoxy) is 1. The van der Waals surface area contributed by atoms with Crippen molar-refractivity contribution in [2.24, 2.45) is 0 Å². The molecule has 30 heavy (non-hydrogen) atoms. The van der Waals surface area contributed by atoms with Crippen LogP contribution in [-0.4, -0.2) is 27.3 Å². The highest BCUT2D eigenvalue weighted by Crippen LogP contribution is 2.34. The van der Waals surface area contributed by atoms with Gasteiger partial charge in [-0.15, -0.1) is 11.3 Å². The van der Waals surface area contributed by atoms with Crippen molar-refractivity contribution in [3.05, 3.63) is 50.9 Å². The van der Waals surface area contributed by atoms with Gasteiger partial charge in [0.1, 0.15) is 10.6 Å². The Morgan fingerprint density at radius 2 is 2.10 bits per heavy atom. The third kappa shape index (κ3) is 2.94. The van der Waals surface area contributed by atoms with Crippen LogP contribution in [0.25, 0.3) is 10.2 Å². The zero-order valence-electron chi connectivity index (χ0n) is 16.7. The molecule has 7 nitrogen and oxygen atoms in total. The minimum atomic E-state index is -0.717. The Balaban J connectivity index is 1.51. The van der Waals surface area contributed by atoms with Gasteiger partial charge in [-0.05, 0) is 63.3 Å². The highest BCUT2D eigenvalue weighted by Gasteiger charge is 2.27. The average Bonchev–Trinajstić information content (AvgIpc) is 3.13. The van der Waals surface area contributed by atoms with Crippen LogP contribution < -0.4 is 15.6 Å². The van der Waals surface area contributed by atoms with Crippen molar-refractivity contribution in [1.82, 2.24) is 9.55 Å². The molecular weight excluding hydrogens is 402 g/mol. The molecule has 2 aliphatic rings. The molecule has 1 aliphatic heterocycles. The van der Waals surface area contributed by atoms with E-state index in [1.807, 2.05) is 0 Å². The molecule has 1 aliphatic carbocycles. The minimum Gasteiger partial charge on any atom is -0.479 e. The fraction of sp³-hybridized carbons (Fsp3) is 0.364. The van der Waals surface area contributed by atoms with Gasteiger partial charge in [0.2, 0.25) is 0 Å². The number of thiophene rings is 1. The van der Waals surface area contributed by atoms with Crippen LogP contribution in [0.1, 0.15) is 53.5 Å². The number of Topliss-reactive ketones (excluding diaryl/α,β-unsaturated/α-hetero) is 1. The number of carbonyl (C=O) groups excluding carboxylic acids is 2. The molecule has 0 saturated heterocycles. The predicted molar refractivity (Wildman–Crippen MR) is 115 cm³/mol. The number of benzene rings is 1. The van der Waals surface area contributed by atoms with E-state index in [0.29, 0.717) is 22.4 Å². The fourth-order valence-electron chi connectivity index (χ4n) is 4.16. The van der Waals surface area contributed by atoms with Crippen molar-refractivity contribution in [2.45, 2.75) is 51.7 Å². The average molecular weight is 423 g/mol. The topological polar surface area (TPSA) is 90.3 Å². The van der Waals surface area contributed by atoms with Gasteiger partial charge >= 0.3 is 0 Å². The van der Waals surface area contributed by atoms with Crippen LogP contribution in [0.5, 0.6) is 5.75 Å². The molecule has 1 aromatic carbocycles. The fourth-order valence-corrected chi connectivity index (χ4v) is 5.38. The van der Waals surface area contributed by atoms with Crippen molar-refractivity contribution in [3.63, 3.8) is 0 Å². The summed E-state index contributed by atoms with van der Waals surface area (Å²) >= 11 is 1.59. The minimum absolute atomic E-state index is 0.163. The van der Waals surface area contributed by atoms with Gasteiger partial charge in [-0.1, -0.05) is 0 Å². The summed E-state index contributed by atoms with van der Waals surface area (Å²) < 4.78 is 6.97. The Labute approximate surface area is 176 Å². The van der Waals surface area contributed by atoms with Gasteiger partial charge in [0, 0.05) is 10.4 Å². The normalized spacial score (nSPS) is 18.9. The number of nitrogens with one attached hydrogen (secondary N) is 1. The summed E-state index contributed by atoms with van der Waals surface area (Å²) in [4.78, 5) is 44.8. The Hall–Kier alpha value is -3.00. The van der Waals surface area contributed by atoms with Gasteiger partial charge in [0.15, 0.2) is 11.9 Å². The molecule has 2 aromatic heterocycles. The third-order valence-corrected chi connectivity index (χ3v) is 7.09. The number of rotatable bonds is 3. The second-order valence-corrected chi connectivity index (χ2v) is 8.93. The van der Waals surface area contributed by atoms with E-state index in [1.54, 1.807) is 43.4 Å². The maximum atomic E-state index is 13.3. The molecule has 0 saturated carbocycles. The van der Waals surface area contributed by atoms with Crippen molar-refractivity contribution in [1.29, 1.82) is 0 Å². The second-order valence-electron chi connectivity index (χ2n) is 7.85. The van der Waals surface area contributed by atoms with E-state index in [4.69, 9.17) is 4.74 Å². The first-order chi connectivity index (χ1) is 14.4. The van der Waals surface area contributed by atoms with Crippen molar-refractivity contribution in [3.8, 4) is 5.75 Å². The molecule has 0 bridgehead atoms. The highest BCUT2D eigenvalue weighted by atomic mass is 32.1. The number of hydrogen-bond acceptors (Lipinski definition) is 6. The molecular formula is C22H21N3O4S. The van der Waals surface area contributed by atoms with Crippen molar-refractivity contribution in [2.75, 3.05) is 5.32 Å². The van der Waals surface area contributed by atoms with Gasteiger partial charge in [0.25, 0.3) is 11.5 Å². The molecule has 0 fully saturated rings. The van der Waals surface area contributed by atoms with E-state index in [0.717, 1.165) is 36.1 Å². The second kappa shape index (κ2) is 7.05. The number of amides is 1. The lowest BCUT2D eigenvalue weighted by atomic mass is 9.97. The van der Waals surface area contributed by atoms with E-state index in [1.165, 1.54) is 15.8 Å². The molecule has 2 unspecified atom stereocenters. The van der Waals surface area contributed by atoms with Gasteiger partial charge < -0.3 is 10.1 Å². The highest BCUT2D eigenvalue weighted by molar-refractivity contribution is 7.18. The lowest BCUT2D eigenvalue weighted by Crippen LogP contribution is -2.34. The monoisotopic (exact) mass is 423 g/mol. The Bertz CT molecular complexity index is 1260. The van der Waals surface area contributed by atoms with Crippen LogP contribution in [0.2, 0.25) is 0 Å². The Morgan fingerprint density at radius 1 is 1.30 bits per heavy atom. The predicted octanol–water partition coefficient (Wildman–Crippen LogP) is 3.50. The van der Waals surface area contributed by atoms with Crippen LogP contribution in [0.15, 0.2) is 29.3 Å². The van der Waals surface area contributed by atoms with E-state index in [9.17, 15) is 14.4 Å². The van der Waals surface area contributed by atoms with Crippen LogP contribution in [0, 0.1) is 0 Å². The van der Waals surface area contributed by atoms with E-state index >= 15 is 0 Å². The third-order valence-electron chi connectivity index (χ3n) is 5.89. The zero-order chi connectivity index (χ0) is 21.0. The molecule has 1 amide bonds. The van der Waals surface area contributed by atoms with E-state index in [-0.39, 0.29) is 17.2 Å². The largest absolute Gasteiger partial charge is 0.479 e. The summed E-state index contributed by atoms with van der Waals surface area (Å²) in [5.41, 5.74) is 1.81. The number of ketones is 1. The Morgan fingerprint density at radius 3 is 2.93 bits per heavy atom. The van der Waals surface area contributed by atoms with Gasteiger partial charge in [-0.25, -0.2) is 4.98 Å². The van der Waals surface area contributed by atoms with Crippen molar-refractivity contribution >= 4 is 38.9 Å². The lowest BCUT2D eigenvalue weighted by molar-refractivity contribution is -0.122. The standard InChI is InChI=1S/C22H21N3O4S/c1-11(19(26)13-7-8-16-15(9-13)24-20(27)12(2)29-16)25-10-23-21-18(22(25)28)14-5-3-4-6-17(14)30-21/h7-12H,3-6H2,1-2H3,(H,24,27). The Kier molecular flexibility index (Phi) is 4.47. The SMILES string of the molecule is CC1Oc2ccc(C(=O)C(C)n3cnc4sc5c(c4c3=O)CCCC5)cc2NC1=O. The number of aryl methyl sites for hydroxylation is 2. The first kappa shape index (κ1) is 19.0. The molecule has 0 radical (unpaired) electrons. The van der Waals surface area contributed by atoms with Gasteiger partial charge in [-0.2, -0.15) is 0 Å².